The molecule has 1 aliphatic rings. The van der Waals surface area contributed by atoms with Crippen LogP contribution in [0.1, 0.15) is 26.3 Å². The fraction of sp³-hybridized carbons (Fsp3) is 0.562. The molecule has 110 valence electrons. The predicted octanol–water partition coefficient (Wildman–Crippen LogP) is 2.55. The largest absolute Gasteiger partial charge is 0.353 e. The molecule has 4 heteroatoms. The minimum Gasteiger partial charge on any atom is -0.353 e. The fourth-order valence-electron chi connectivity index (χ4n) is 2.52. The second-order valence-electron chi connectivity index (χ2n) is 5.60. The number of amides is 1. The summed E-state index contributed by atoms with van der Waals surface area (Å²) in [4.78, 5) is 15.5. The highest BCUT2D eigenvalue weighted by Crippen LogP contribution is 2.36. The summed E-state index contributed by atoms with van der Waals surface area (Å²) >= 11 is 1.95. The van der Waals surface area contributed by atoms with Crippen LogP contribution in [0.25, 0.3) is 0 Å². The minimum absolute atomic E-state index is 0.127. The third-order valence-electron chi connectivity index (χ3n) is 3.44. The normalized spacial score (nSPS) is 17.6. The van der Waals surface area contributed by atoms with Gasteiger partial charge in [0.2, 0.25) is 5.91 Å². The minimum atomic E-state index is 0.127. The Kier molecular flexibility index (Phi) is 5.49. The van der Waals surface area contributed by atoms with Crippen LogP contribution in [0.4, 0.5) is 0 Å². The first-order valence-electron chi connectivity index (χ1n) is 7.34. The Balaban J connectivity index is 1.84. The zero-order valence-corrected chi connectivity index (χ0v) is 13.4. The number of hydrogen-bond acceptors (Lipinski definition) is 3. The average Bonchev–Trinajstić information content (AvgIpc) is 2.79. The summed E-state index contributed by atoms with van der Waals surface area (Å²) in [6.07, 6.45) is 1.11. The summed E-state index contributed by atoms with van der Waals surface area (Å²) in [6, 6.07) is 8.83. The molecule has 1 amide bonds. The number of hydrogen-bond donors (Lipinski definition) is 1. The first kappa shape index (κ1) is 15.4. The van der Waals surface area contributed by atoms with E-state index in [2.05, 4.69) is 41.4 Å². The summed E-state index contributed by atoms with van der Waals surface area (Å²) in [5.74, 6) is 0.127. The van der Waals surface area contributed by atoms with Gasteiger partial charge in [0.1, 0.15) is 0 Å². The number of carbonyl (C=O) groups is 1. The van der Waals surface area contributed by atoms with E-state index in [1.807, 2.05) is 25.6 Å². The van der Waals surface area contributed by atoms with Crippen molar-refractivity contribution in [2.45, 2.75) is 43.4 Å². The number of thioether (sulfide) groups is 1. The number of nitrogens with zero attached hydrogens (tertiary/aromatic N) is 1. The first-order valence-corrected chi connectivity index (χ1v) is 8.22. The maximum absolute atomic E-state index is 11.9. The van der Waals surface area contributed by atoms with E-state index in [4.69, 9.17) is 0 Å². The van der Waals surface area contributed by atoms with E-state index in [1.54, 1.807) is 0 Å². The molecule has 1 N–H and O–H groups in total. The number of nitrogens with one attached hydrogen (secondary N) is 1. The van der Waals surface area contributed by atoms with Gasteiger partial charge in [-0.05, 0) is 38.4 Å². The molecule has 1 aliphatic heterocycles. The highest BCUT2D eigenvalue weighted by atomic mass is 32.2. The Morgan fingerprint density at radius 3 is 2.85 bits per heavy atom. The molecular formula is C16H24N2OS. The zero-order valence-electron chi connectivity index (χ0n) is 12.6. The number of rotatable bonds is 6. The summed E-state index contributed by atoms with van der Waals surface area (Å²) in [5, 5.41) is 3.53. The standard InChI is InChI=1S/C16H24N2OS/c1-4-18(11-16(19)17-12(2)3)10-14-9-13-7-5-6-8-15(13)20-14/h5-8,12,14H,4,9-11H2,1-3H3,(H,17,19). The van der Waals surface area contributed by atoms with Gasteiger partial charge in [0, 0.05) is 22.7 Å². The van der Waals surface area contributed by atoms with Crippen molar-refractivity contribution in [1.29, 1.82) is 0 Å². The number of likely N-dealkylation sites (N-methyl/N-ethyl adjacent to an activating group) is 1. The maximum atomic E-state index is 11.9. The topological polar surface area (TPSA) is 32.3 Å². The molecule has 1 atom stereocenters. The van der Waals surface area contributed by atoms with Gasteiger partial charge in [0.05, 0.1) is 6.54 Å². The van der Waals surface area contributed by atoms with E-state index >= 15 is 0 Å². The Hall–Kier alpha value is -1.00. The third kappa shape index (κ3) is 4.25. The van der Waals surface area contributed by atoms with Crippen LogP contribution in [0.2, 0.25) is 0 Å². The van der Waals surface area contributed by atoms with E-state index in [-0.39, 0.29) is 11.9 Å². The van der Waals surface area contributed by atoms with Crippen molar-refractivity contribution in [2.75, 3.05) is 19.6 Å². The van der Waals surface area contributed by atoms with Gasteiger partial charge in [-0.15, -0.1) is 11.8 Å². The van der Waals surface area contributed by atoms with Gasteiger partial charge in [-0.25, -0.2) is 0 Å². The van der Waals surface area contributed by atoms with Crippen molar-refractivity contribution >= 4 is 17.7 Å². The number of benzene rings is 1. The summed E-state index contributed by atoms with van der Waals surface area (Å²) in [7, 11) is 0. The average molecular weight is 292 g/mol. The lowest BCUT2D eigenvalue weighted by Crippen LogP contribution is -2.42. The quantitative estimate of drug-likeness (QED) is 0.874. The van der Waals surface area contributed by atoms with Crippen molar-refractivity contribution in [1.82, 2.24) is 10.2 Å². The predicted molar refractivity (Wildman–Crippen MR) is 85.2 cm³/mol. The van der Waals surface area contributed by atoms with Gasteiger partial charge >= 0.3 is 0 Å². The molecule has 3 nitrogen and oxygen atoms in total. The highest BCUT2D eigenvalue weighted by Gasteiger charge is 2.24. The lowest BCUT2D eigenvalue weighted by Gasteiger charge is -2.23. The molecule has 1 aromatic rings. The molecule has 0 aliphatic carbocycles. The van der Waals surface area contributed by atoms with Gasteiger partial charge in [0.25, 0.3) is 0 Å². The Labute approximate surface area is 126 Å². The maximum Gasteiger partial charge on any atom is 0.234 e. The molecule has 1 heterocycles. The van der Waals surface area contributed by atoms with Crippen molar-refractivity contribution < 1.29 is 4.79 Å². The Morgan fingerprint density at radius 1 is 1.45 bits per heavy atom. The Morgan fingerprint density at radius 2 is 2.20 bits per heavy atom. The van der Waals surface area contributed by atoms with Gasteiger partial charge < -0.3 is 5.32 Å². The van der Waals surface area contributed by atoms with Crippen molar-refractivity contribution in [3.63, 3.8) is 0 Å². The SMILES string of the molecule is CCN(CC(=O)NC(C)C)CC1Cc2ccccc2S1. The van der Waals surface area contributed by atoms with Crippen LogP contribution in [-0.2, 0) is 11.2 Å². The molecule has 0 saturated carbocycles. The van der Waals surface area contributed by atoms with E-state index in [9.17, 15) is 4.79 Å². The van der Waals surface area contributed by atoms with E-state index in [0.717, 1.165) is 19.5 Å². The summed E-state index contributed by atoms with van der Waals surface area (Å²) < 4.78 is 0. The zero-order chi connectivity index (χ0) is 14.5. The molecule has 2 rings (SSSR count). The van der Waals surface area contributed by atoms with Crippen molar-refractivity contribution in [3.8, 4) is 0 Å². The Bertz CT molecular complexity index is 437. The molecule has 0 bridgehead atoms. The molecule has 1 aromatic carbocycles. The van der Waals surface area contributed by atoms with Crippen LogP contribution >= 0.6 is 11.8 Å². The molecule has 20 heavy (non-hydrogen) atoms. The summed E-state index contributed by atoms with van der Waals surface area (Å²) in [5.41, 5.74) is 1.45. The van der Waals surface area contributed by atoms with Crippen LogP contribution in [-0.4, -0.2) is 41.7 Å². The van der Waals surface area contributed by atoms with Gasteiger partial charge in [0.15, 0.2) is 0 Å². The molecule has 0 spiro atoms. The van der Waals surface area contributed by atoms with Crippen LogP contribution < -0.4 is 5.32 Å². The molecular weight excluding hydrogens is 268 g/mol. The third-order valence-corrected chi connectivity index (χ3v) is 4.74. The first-order chi connectivity index (χ1) is 9.58. The van der Waals surface area contributed by atoms with Gasteiger partial charge in [-0.3, -0.25) is 9.69 Å². The fourth-order valence-corrected chi connectivity index (χ4v) is 3.89. The smallest absolute Gasteiger partial charge is 0.234 e. The van der Waals surface area contributed by atoms with E-state index in [1.165, 1.54) is 10.5 Å². The van der Waals surface area contributed by atoms with E-state index in [0.29, 0.717) is 11.8 Å². The second kappa shape index (κ2) is 7.14. The second-order valence-corrected chi connectivity index (χ2v) is 6.94. The molecule has 0 fully saturated rings. The lowest BCUT2D eigenvalue weighted by molar-refractivity contribution is -0.122. The van der Waals surface area contributed by atoms with E-state index < -0.39 is 0 Å². The van der Waals surface area contributed by atoms with Gasteiger partial charge in [-0.1, -0.05) is 25.1 Å². The van der Waals surface area contributed by atoms with Crippen molar-refractivity contribution in [3.05, 3.63) is 29.8 Å². The van der Waals surface area contributed by atoms with Crippen LogP contribution in [0.15, 0.2) is 29.2 Å². The molecule has 0 radical (unpaired) electrons. The highest BCUT2D eigenvalue weighted by molar-refractivity contribution is 8.00. The van der Waals surface area contributed by atoms with Crippen molar-refractivity contribution in [2.24, 2.45) is 0 Å². The number of carbonyl (C=O) groups excluding carboxylic acids is 1. The van der Waals surface area contributed by atoms with Crippen LogP contribution in [0.5, 0.6) is 0 Å². The lowest BCUT2D eigenvalue weighted by atomic mass is 10.1. The molecule has 1 unspecified atom stereocenters. The molecule has 0 saturated heterocycles. The van der Waals surface area contributed by atoms with Crippen LogP contribution in [0, 0.1) is 0 Å². The molecule has 0 aromatic heterocycles. The van der Waals surface area contributed by atoms with Gasteiger partial charge in [-0.2, -0.15) is 0 Å². The van der Waals surface area contributed by atoms with Crippen LogP contribution in [0.3, 0.4) is 0 Å². The summed E-state index contributed by atoms with van der Waals surface area (Å²) in [6.45, 7) is 8.51. The number of fused-ring (bicyclic) bond motifs is 1. The monoisotopic (exact) mass is 292 g/mol.